The van der Waals surface area contributed by atoms with Crippen molar-refractivity contribution in [3.8, 4) is 0 Å². The number of carbonyl (C=O) groups is 1. The Morgan fingerprint density at radius 1 is 1.05 bits per heavy atom. The number of ketones is 1. The predicted molar refractivity (Wildman–Crippen MR) is 79.7 cm³/mol. The molecule has 2 rings (SSSR count). The summed E-state index contributed by atoms with van der Waals surface area (Å²) in [6.45, 7) is 1.36. The largest absolute Gasteiger partial charge is 0.395 e. The number of nitrogens with zero attached hydrogens (tertiary/aromatic N) is 1. The SMILES string of the molecule is CN(CCO)Cc1ccccc1C(=O)c1ccccc1. The quantitative estimate of drug-likeness (QED) is 0.818. The summed E-state index contributed by atoms with van der Waals surface area (Å²) >= 11 is 0. The van der Waals surface area contributed by atoms with E-state index in [4.69, 9.17) is 5.11 Å². The van der Waals surface area contributed by atoms with Crippen molar-refractivity contribution in [3.05, 3.63) is 71.3 Å². The Balaban J connectivity index is 2.26. The van der Waals surface area contributed by atoms with Crippen LogP contribution in [0.2, 0.25) is 0 Å². The maximum absolute atomic E-state index is 12.5. The van der Waals surface area contributed by atoms with Crippen LogP contribution in [-0.4, -0.2) is 36.0 Å². The fourth-order valence-corrected chi connectivity index (χ4v) is 2.17. The Labute approximate surface area is 119 Å². The number of aliphatic hydroxyl groups excluding tert-OH is 1. The number of likely N-dealkylation sites (N-methyl/N-ethyl adjacent to an activating group) is 1. The second kappa shape index (κ2) is 6.98. The van der Waals surface area contributed by atoms with Crippen molar-refractivity contribution < 1.29 is 9.90 Å². The molecule has 0 radical (unpaired) electrons. The Kier molecular flexibility index (Phi) is 5.04. The van der Waals surface area contributed by atoms with Crippen LogP contribution in [-0.2, 0) is 6.54 Å². The first-order valence-electron chi connectivity index (χ1n) is 6.69. The zero-order valence-electron chi connectivity index (χ0n) is 11.6. The molecule has 0 aliphatic carbocycles. The first kappa shape index (κ1) is 14.4. The van der Waals surface area contributed by atoms with Crippen molar-refractivity contribution >= 4 is 5.78 Å². The van der Waals surface area contributed by atoms with E-state index in [2.05, 4.69) is 0 Å². The van der Waals surface area contributed by atoms with Gasteiger partial charge in [-0.15, -0.1) is 0 Å². The predicted octanol–water partition coefficient (Wildman–Crippen LogP) is 2.34. The highest BCUT2D eigenvalue weighted by atomic mass is 16.3. The second-order valence-corrected chi connectivity index (χ2v) is 4.81. The molecule has 0 heterocycles. The third kappa shape index (κ3) is 3.53. The fraction of sp³-hybridized carbons (Fsp3) is 0.235. The molecule has 0 saturated carbocycles. The molecular formula is C17H19NO2. The van der Waals surface area contributed by atoms with E-state index in [0.717, 1.165) is 11.1 Å². The number of hydrogen-bond acceptors (Lipinski definition) is 3. The van der Waals surface area contributed by atoms with Gasteiger partial charge in [0.1, 0.15) is 0 Å². The molecule has 2 aromatic rings. The molecule has 3 nitrogen and oxygen atoms in total. The first-order valence-corrected chi connectivity index (χ1v) is 6.69. The minimum atomic E-state index is 0.0404. The van der Waals surface area contributed by atoms with Crippen LogP contribution in [0.15, 0.2) is 54.6 Å². The Bertz CT molecular complexity index is 566. The summed E-state index contributed by atoms with van der Waals surface area (Å²) in [4.78, 5) is 14.5. The standard InChI is InChI=1S/C17H19NO2/c1-18(11-12-19)13-15-9-5-6-10-16(15)17(20)14-7-3-2-4-8-14/h2-10,19H,11-13H2,1H3. The van der Waals surface area contributed by atoms with Gasteiger partial charge in [0.15, 0.2) is 5.78 Å². The summed E-state index contributed by atoms with van der Waals surface area (Å²) in [6, 6.07) is 16.9. The smallest absolute Gasteiger partial charge is 0.193 e. The molecule has 20 heavy (non-hydrogen) atoms. The number of carbonyl (C=O) groups excluding carboxylic acids is 1. The van der Waals surface area contributed by atoms with Gasteiger partial charge in [-0.2, -0.15) is 0 Å². The highest BCUT2D eigenvalue weighted by molar-refractivity contribution is 6.09. The van der Waals surface area contributed by atoms with E-state index >= 15 is 0 Å². The molecule has 0 fully saturated rings. The van der Waals surface area contributed by atoms with Crippen LogP contribution in [0.4, 0.5) is 0 Å². The minimum Gasteiger partial charge on any atom is -0.395 e. The molecule has 0 unspecified atom stereocenters. The Hall–Kier alpha value is -1.97. The van der Waals surface area contributed by atoms with E-state index in [9.17, 15) is 4.79 Å². The van der Waals surface area contributed by atoms with Gasteiger partial charge in [-0.3, -0.25) is 9.69 Å². The van der Waals surface area contributed by atoms with Gasteiger partial charge in [-0.05, 0) is 12.6 Å². The molecule has 0 aliphatic heterocycles. The molecule has 0 spiro atoms. The average Bonchev–Trinajstić information content (AvgIpc) is 2.48. The second-order valence-electron chi connectivity index (χ2n) is 4.81. The van der Waals surface area contributed by atoms with Gasteiger partial charge < -0.3 is 5.11 Å². The lowest BCUT2D eigenvalue weighted by atomic mass is 9.98. The summed E-state index contributed by atoms with van der Waals surface area (Å²) in [7, 11) is 1.93. The topological polar surface area (TPSA) is 40.5 Å². The summed E-state index contributed by atoms with van der Waals surface area (Å²) in [5.74, 6) is 0.0404. The molecule has 104 valence electrons. The van der Waals surface area contributed by atoms with Gasteiger partial charge in [0.2, 0.25) is 0 Å². The monoisotopic (exact) mass is 269 g/mol. The van der Waals surface area contributed by atoms with Crippen molar-refractivity contribution in [3.63, 3.8) is 0 Å². The van der Waals surface area contributed by atoms with Crippen LogP contribution in [0.3, 0.4) is 0 Å². The lowest BCUT2D eigenvalue weighted by molar-refractivity contribution is 0.103. The van der Waals surface area contributed by atoms with Crippen LogP contribution in [0, 0.1) is 0 Å². The van der Waals surface area contributed by atoms with Crippen LogP contribution < -0.4 is 0 Å². The zero-order chi connectivity index (χ0) is 14.4. The average molecular weight is 269 g/mol. The van der Waals surface area contributed by atoms with Crippen LogP contribution in [0.1, 0.15) is 21.5 Å². The van der Waals surface area contributed by atoms with Gasteiger partial charge in [0.25, 0.3) is 0 Å². The molecule has 0 atom stereocenters. The van der Waals surface area contributed by atoms with E-state index in [-0.39, 0.29) is 12.4 Å². The molecule has 0 bridgehead atoms. The Morgan fingerprint density at radius 2 is 1.70 bits per heavy atom. The number of hydrogen-bond donors (Lipinski definition) is 1. The normalized spacial score (nSPS) is 10.8. The highest BCUT2D eigenvalue weighted by Crippen LogP contribution is 2.16. The molecular weight excluding hydrogens is 250 g/mol. The van der Waals surface area contributed by atoms with Crippen LogP contribution in [0.5, 0.6) is 0 Å². The molecule has 3 heteroatoms. The summed E-state index contributed by atoms with van der Waals surface area (Å²) in [5.41, 5.74) is 2.41. The lowest BCUT2D eigenvalue weighted by Crippen LogP contribution is -2.22. The zero-order valence-corrected chi connectivity index (χ0v) is 11.6. The summed E-state index contributed by atoms with van der Waals surface area (Å²) in [6.07, 6.45) is 0. The third-order valence-electron chi connectivity index (χ3n) is 3.22. The summed E-state index contributed by atoms with van der Waals surface area (Å²) < 4.78 is 0. The molecule has 2 aromatic carbocycles. The van der Waals surface area contributed by atoms with E-state index in [0.29, 0.717) is 18.7 Å². The third-order valence-corrected chi connectivity index (χ3v) is 3.22. The molecule has 0 aliphatic rings. The maximum Gasteiger partial charge on any atom is 0.193 e. The van der Waals surface area contributed by atoms with Crippen molar-refractivity contribution in [1.29, 1.82) is 0 Å². The van der Waals surface area contributed by atoms with Crippen molar-refractivity contribution in [2.75, 3.05) is 20.2 Å². The van der Waals surface area contributed by atoms with E-state index in [1.807, 2.05) is 66.5 Å². The number of benzene rings is 2. The molecule has 1 N–H and O–H groups in total. The number of rotatable bonds is 6. The van der Waals surface area contributed by atoms with Gasteiger partial charge >= 0.3 is 0 Å². The first-order chi connectivity index (χ1) is 9.72. The molecule has 0 amide bonds. The van der Waals surface area contributed by atoms with Crippen molar-refractivity contribution in [2.45, 2.75) is 6.54 Å². The van der Waals surface area contributed by atoms with Gasteiger partial charge in [-0.1, -0.05) is 54.6 Å². The Morgan fingerprint density at radius 3 is 2.40 bits per heavy atom. The van der Waals surface area contributed by atoms with Crippen LogP contribution in [0.25, 0.3) is 0 Å². The summed E-state index contributed by atoms with van der Waals surface area (Å²) in [5, 5.41) is 8.96. The van der Waals surface area contributed by atoms with Gasteiger partial charge in [0.05, 0.1) is 6.61 Å². The molecule has 0 saturated heterocycles. The van der Waals surface area contributed by atoms with Gasteiger partial charge in [-0.25, -0.2) is 0 Å². The van der Waals surface area contributed by atoms with Crippen molar-refractivity contribution in [2.24, 2.45) is 0 Å². The maximum atomic E-state index is 12.5. The fourth-order valence-electron chi connectivity index (χ4n) is 2.17. The highest BCUT2D eigenvalue weighted by Gasteiger charge is 2.13. The minimum absolute atomic E-state index is 0.0404. The van der Waals surface area contributed by atoms with Gasteiger partial charge in [0, 0.05) is 24.2 Å². The van der Waals surface area contributed by atoms with Crippen LogP contribution >= 0.6 is 0 Å². The number of aliphatic hydroxyl groups is 1. The van der Waals surface area contributed by atoms with E-state index < -0.39 is 0 Å². The van der Waals surface area contributed by atoms with Crippen molar-refractivity contribution in [1.82, 2.24) is 4.90 Å². The molecule has 0 aromatic heterocycles. The van der Waals surface area contributed by atoms with E-state index in [1.165, 1.54) is 0 Å². The van der Waals surface area contributed by atoms with E-state index in [1.54, 1.807) is 0 Å². The lowest BCUT2D eigenvalue weighted by Gasteiger charge is -2.17.